The van der Waals surface area contributed by atoms with E-state index in [1.165, 1.54) is 18.2 Å². The van der Waals surface area contributed by atoms with Gasteiger partial charge in [-0.1, -0.05) is 12.1 Å². The summed E-state index contributed by atoms with van der Waals surface area (Å²) in [6.45, 7) is 0. The number of para-hydroxylation sites is 2. The molecule has 0 aliphatic heterocycles. The van der Waals surface area contributed by atoms with Crippen molar-refractivity contribution in [2.45, 2.75) is 0 Å². The number of ether oxygens (including phenoxy) is 1. The summed E-state index contributed by atoms with van der Waals surface area (Å²) in [6, 6.07) is 7.81. The number of hydrogen-bond acceptors (Lipinski definition) is 6. The van der Waals surface area contributed by atoms with E-state index in [1.807, 2.05) is 0 Å². The summed E-state index contributed by atoms with van der Waals surface area (Å²) in [5, 5.41) is 12.4. The molecule has 0 atom stereocenters. The summed E-state index contributed by atoms with van der Waals surface area (Å²) in [4.78, 5) is 10.8. The molecule has 6 nitrogen and oxygen atoms in total. The maximum Gasteiger partial charge on any atom is 0.229 e. The number of anilines is 1. The van der Waals surface area contributed by atoms with E-state index in [4.69, 9.17) is 4.74 Å². The number of nitrogens with one attached hydrogen (secondary N) is 1. The summed E-state index contributed by atoms with van der Waals surface area (Å²) in [5.41, 5.74) is 0.227. The Hall–Kier alpha value is -2.06. The number of carbonyl (C=O) groups excluding carboxylic acids is 1. The summed E-state index contributed by atoms with van der Waals surface area (Å²) in [7, 11) is -3.46. The lowest BCUT2D eigenvalue weighted by Crippen LogP contribution is -2.21. The molecule has 106 valence electrons. The van der Waals surface area contributed by atoms with Crippen LogP contribution >= 0.6 is 11.3 Å². The van der Waals surface area contributed by atoms with E-state index < -0.39 is 16.0 Å². The first-order chi connectivity index (χ1) is 9.37. The molecule has 0 bridgehead atoms. The van der Waals surface area contributed by atoms with Crippen molar-refractivity contribution in [1.29, 1.82) is 0 Å². The zero-order valence-corrected chi connectivity index (χ0v) is 12.0. The van der Waals surface area contributed by atoms with Gasteiger partial charge in [0, 0.05) is 0 Å². The first-order valence-electron chi connectivity index (χ1n) is 5.40. The molecule has 0 spiro atoms. The Kier molecular flexibility index (Phi) is 3.96. The molecule has 20 heavy (non-hydrogen) atoms. The zero-order valence-electron chi connectivity index (χ0n) is 10.3. The smallest absolute Gasteiger partial charge is 0.229 e. The van der Waals surface area contributed by atoms with Gasteiger partial charge in [0.2, 0.25) is 10.0 Å². The second kappa shape index (κ2) is 5.51. The molecule has 0 unspecified atom stereocenters. The van der Waals surface area contributed by atoms with Gasteiger partial charge in [0.1, 0.15) is 5.75 Å². The SMILES string of the molecule is CS(=O)(=O)Nc1ccccc1Oc1ccsc1C(=O)[O-]. The van der Waals surface area contributed by atoms with Gasteiger partial charge in [0.05, 0.1) is 22.8 Å². The average Bonchev–Trinajstić information content (AvgIpc) is 2.78. The third-order valence-electron chi connectivity index (χ3n) is 2.22. The molecule has 0 aliphatic carbocycles. The summed E-state index contributed by atoms with van der Waals surface area (Å²) in [5.74, 6) is -1.03. The van der Waals surface area contributed by atoms with Gasteiger partial charge in [-0.25, -0.2) is 8.42 Å². The van der Waals surface area contributed by atoms with Gasteiger partial charge in [-0.05, 0) is 23.6 Å². The minimum absolute atomic E-state index is 0.0563. The van der Waals surface area contributed by atoms with E-state index in [9.17, 15) is 18.3 Å². The number of thiophene rings is 1. The lowest BCUT2D eigenvalue weighted by molar-refractivity contribution is -0.254. The van der Waals surface area contributed by atoms with Crippen molar-refractivity contribution in [3.05, 3.63) is 40.6 Å². The second-order valence-electron chi connectivity index (χ2n) is 3.87. The maximum atomic E-state index is 11.3. The molecule has 0 aliphatic rings. The minimum atomic E-state index is -3.46. The van der Waals surface area contributed by atoms with Crippen LogP contribution in [0.25, 0.3) is 0 Å². The van der Waals surface area contributed by atoms with E-state index in [0.717, 1.165) is 17.6 Å². The fourth-order valence-electron chi connectivity index (χ4n) is 1.48. The van der Waals surface area contributed by atoms with E-state index >= 15 is 0 Å². The van der Waals surface area contributed by atoms with Crippen molar-refractivity contribution >= 4 is 33.0 Å². The quantitative estimate of drug-likeness (QED) is 0.897. The monoisotopic (exact) mass is 312 g/mol. The highest BCUT2D eigenvalue weighted by Crippen LogP contribution is 2.33. The van der Waals surface area contributed by atoms with E-state index in [0.29, 0.717) is 0 Å². The number of aromatic carboxylic acids is 1. The molecular formula is C12H10NO5S2-. The number of benzene rings is 1. The van der Waals surface area contributed by atoms with Crippen molar-refractivity contribution in [2.75, 3.05) is 11.0 Å². The lowest BCUT2D eigenvalue weighted by atomic mass is 10.3. The molecule has 1 heterocycles. The Balaban J connectivity index is 2.34. The maximum absolute atomic E-state index is 11.3. The Morgan fingerprint density at radius 1 is 1.25 bits per heavy atom. The highest BCUT2D eigenvalue weighted by atomic mass is 32.2. The topological polar surface area (TPSA) is 95.5 Å². The van der Waals surface area contributed by atoms with Crippen LogP contribution in [0.15, 0.2) is 35.7 Å². The van der Waals surface area contributed by atoms with Crippen LogP contribution in [0.3, 0.4) is 0 Å². The standard InChI is InChI=1S/C12H11NO5S2/c1-20(16,17)13-8-4-2-3-5-9(8)18-10-6-7-19-11(10)12(14)15/h2-7,13H,1H3,(H,14,15)/p-1. The minimum Gasteiger partial charge on any atom is -0.544 e. The number of carboxylic acids is 1. The third kappa shape index (κ3) is 3.49. The molecule has 0 saturated heterocycles. The van der Waals surface area contributed by atoms with Crippen LogP contribution in [0, 0.1) is 0 Å². The van der Waals surface area contributed by atoms with Gasteiger partial charge in [-0.2, -0.15) is 0 Å². The van der Waals surface area contributed by atoms with Crippen molar-refractivity contribution in [2.24, 2.45) is 0 Å². The van der Waals surface area contributed by atoms with Crippen LogP contribution in [0.4, 0.5) is 5.69 Å². The Labute approximate surface area is 119 Å². The number of hydrogen-bond donors (Lipinski definition) is 1. The molecule has 0 amide bonds. The zero-order chi connectivity index (χ0) is 14.8. The van der Waals surface area contributed by atoms with E-state index in [-0.39, 0.29) is 22.1 Å². The van der Waals surface area contributed by atoms with Gasteiger partial charge in [-0.15, -0.1) is 11.3 Å². The summed E-state index contributed by atoms with van der Waals surface area (Å²) in [6.07, 6.45) is 1.01. The van der Waals surface area contributed by atoms with Crippen molar-refractivity contribution in [1.82, 2.24) is 0 Å². The number of sulfonamides is 1. The number of carboxylic acid groups (broad SMARTS) is 1. The van der Waals surface area contributed by atoms with Crippen LogP contribution in [0.1, 0.15) is 9.67 Å². The first-order valence-corrected chi connectivity index (χ1v) is 8.17. The normalized spacial score (nSPS) is 11.1. The molecule has 8 heteroatoms. The molecule has 1 aromatic heterocycles. The van der Waals surface area contributed by atoms with Crippen molar-refractivity contribution in [3.8, 4) is 11.5 Å². The summed E-state index contributed by atoms with van der Waals surface area (Å²) >= 11 is 0.970. The Morgan fingerprint density at radius 2 is 1.95 bits per heavy atom. The molecule has 2 aromatic rings. The van der Waals surface area contributed by atoms with Crippen LogP contribution in [-0.4, -0.2) is 20.6 Å². The van der Waals surface area contributed by atoms with Gasteiger partial charge >= 0.3 is 0 Å². The molecule has 1 N–H and O–H groups in total. The lowest BCUT2D eigenvalue weighted by Gasteiger charge is -2.12. The molecule has 0 fully saturated rings. The average molecular weight is 312 g/mol. The van der Waals surface area contributed by atoms with Crippen molar-refractivity contribution in [3.63, 3.8) is 0 Å². The van der Waals surface area contributed by atoms with E-state index in [2.05, 4.69) is 4.72 Å². The molecule has 0 saturated carbocycles. The highest BCUT2D eigenvalue weighted by Gasteiger charge is 2.12. The van der Waals surface area contributed by atoms with Crippen LogP contribution in [0.5, 0.6) is 11.5 Å². The molecule has 0 radical (unpaired) electrons. The van der Waals surface area contributed by atoms with Crippen molar-refractivity contribution < 1.29 is 23.1 Å². The number of rotatable bonds is 5. The molecule has 1 aromatic carbocycles. The van der Waals surface area contributed by atoms with Gasteiger partial charge in [0.15, 0.2) is 5.75 Å². The largest absolute Gasteiger partial charge is 0.544 e. The highest BCUT2D eigenvalue weighted by molar-refractivity contribution is 7.92. The third-order valence-corrected chi connectivity index (χ3v) is 3.68. The fourth-order valence-corrected chi connectivity index (χ4v) is 2.70. The molecular weight excluding hydrogens is 302 g/mol. The van der Waals surface area contributed by atoms with Gasteiger partial charge < -0.3 is 14.6 Å². The Bertz CT molecular complexity index is 736. The first kappa shape index (κ1) is 14.4. The molecule has 2 rings (SSSR count). The predicted molar refractivity (Wildman–Crippen MR) is 73.6 cm³/mol. The van der Waals surface area contributed by atoms with Gasteiger partial charge in [0.25, 0.3) is 0 Å². The predicted octanol–water partition coefficient (Wildman–Crippen LogP) is 1.28. The summed E-state index contributed by atoms with van der Waals surface area (Å²) < 4.78 is 30.3. The number of carbonyl (C=O) groups is 1. The van der Waals surface area contributed by atoms with E-state index in [1.54, 1.807) is 17.5 Å². The second-order valence-corrected chi connectivity index (χ2v) is 6.54. The van der Waals surface area contributed by atoms with Gasteiger partial charge in [-0.3, -0.25) is 4.72 Å². The van der Waals surface area contributed by atoms with Crippen LogP contribution < -0.4 is 14.6 Å². The van der Waals surface area contributed by atoms with Crippen LogP contribution in [0.2, 0.25) is 0 Å². The fraction of sp³-hybridized carbons (Fsp3) is 0.0833. The Morgan fingerprint density at radius 3 is 2.60 bits per heavy atom. The van der Waals surface area contributed by atoms with Crippen LogP contribution in [-0.2, 0) is 10.0 Å².